The average molecular weight is 532 g/mol. The van der Waals surface area contributed by atoms with Crippen LogP contribution in [0.5, 0.6) is 23.0 Å². The highest BCUT2D eigenvalue weighted by Crippen LogP contribution is 2.68. The van der Waals surface area contributed by atoms with Crippen molar-refractivity contribution in [3.8, 4) is 23.0 Å². The zero-order chi connectivity index (χ0) is 27.0. The van der Waals surface area contributed by atoms with Gasteiger partial charge < -0.3 is 29.2 Å². The Morgan fingerprint density at radius 2 is 1.67 bits per heavy atom. The molecule has 0 aromatic heterocycles. The van der Waals surface area contributed by atoms with Gasteiger partial charge in [0, 0.05) is 24.6 Å². The molecular weight excluding hydrogens is 494 g/mol. The third-order valence-electron chi connectivity index (χ3n) is 8.76. The third kappa shape index (κ3) is 4.15. The predicted molar refractivity (Wildman–Crippen MR) is 148 cm³/mol. The molecule has 2 aliphatic heterocycles. The summed E-state index contributed by atoms with van der Waals surface area (Å²) >= 11 is 0. The second-order valence-corrected chi connectivity index (χ2v) is 10.8. The maximum atomic E-state index is 12.6. The second kappa shape index (κ2) is 10.4. The van der Waals surface area contributed by atoms with Gasteiger partial charge in [-0.1, -0.05) is 48.9 Å². The normalized spacial score (nSPS) is 27.9. The molecule has 2 heterocycles. The molecule has 4 atom stereocenters. The van der Waals surface area contributed by atoms with E-state index in [4.69, 9.17) is 18.9 Å². The minimum atomic E-state index is -1.75. The molecule has 3 aromatic carbocycles. The molecule has 1 aliphatic carbocycles. The van der Waals surface area contributed by atoms with Crippen molar-refractivity contribution in [2.75, 3.05) is 40.5 Å². The average Bonchev–Trinajstić information content (AvgIpc) is 3.38. The summed E-state index contributed by atoms with van der Waals surface area (Å²) < 4.78 is 24.1. The zero-order valence-electron chi connectivity index (χ0n) is 22.6. The molecule has 206 valence electrons. The van der Waals surface area contributed by atoms with Crippen LogP contribution in [0.1, 0.15) is 48.3 Å². The van der Waals surface area contributed by atoms with Crippen LogP contribution in [0.15, 0.2) is 66.7 Å². The molecule has 3 aromatic rings. The Morgan fingerprint density at radius 3 is 2.36 bits per heavy atom. The molecule has 3 aliphatic rings. The van der Waals surface area contributed by atoms with E-state index in [-0.39, 0.29) is 5.92 Å². The van der Waals surface area contributed by atoms with Crippen LogP contribution in [0.4, 0.5) is 0 Å². The maximum Gasteiger partial charge on any atom is 0.176 e. The molecule has 1 saturated heterocycles. The lowest BCUT2D eigenvalue weighted by molar-refractivity contribution is -0.150. The molecule has 7 heteroatoms. The Hall–Kier alpha value is -3.26. The van der Waals surface area contributed by atoms with Crippen molar-refractivity contribution < 1.29 is 29.2 Å². The molecule has 6 rings (SSSR count). The van der Waals surface area contributed by atoms with E-state index in [0.29, 0.717) is 35.8 Å². The Bertz CT molecular complexity index is 1290. The van der Waals surface area contributed by atoms with Crippen LogP contribution < -0.4 is 18.9 Å². The van der Waals surface area contributed by atoms with Crippen molar-refractivity contribution in [1.29, 1.82) is 0 Å². The standard InChI is InChI=1S/C32H37NO6/c1-36-25-19-27(37-2)30-28(20-25)39-32(26(21-29(34)31(30,32)35)22-9-5-3-6-10-22)23-11-13-24(14-12-23)38-18-17-33-15-7-4-8-16-33/h3,5-6,9-14,19-20,26,29,34-35H,4,7-8,15-18,21H2,1-2H3/t26-,29+,31+,32-/m0/s1. The number of methoxy groups -OCH3 is 2. The number of fused-ring (bicyclic) bond motifs is 3. The lowest BCUT2D eigenvalue weighted by Crippen LogP contribution is -2.52. The van der Waals surface area contributed by atoms with Crippen LogP contribution in [0, 0.1) is 0 Å². The van der Waals surface area contributed by atoms with Gasteiger partial charge in [-0.25, -0.2) is 0 Å². The molecule has 0 radical (unpaired) electrons. The van der Waals surface area contributed by atoms with E-state index in [0.717, 1.165) is 36.5 Å². The van der Waals surface area contributed by atoms with Crippen LogP contribution in [0.3, 0.4) is 0 Å². The van der Waals surface area contributed by atoms with Crippen molar-refractivity contribution in [1.82, 2.24) is 4.90 Å². The Labute approximate surface area is 229 Å². The molecule has 1 saturated carbocycles. The van der Waals surface area contributed by atoms with E-state index in [9.17, 15) is 10.2 Å². The van der Waals surface area contributed by atoms with Crippen molar-refractivity contribution in [3.63, 3.8) is 0 Å². The minimum Gasteiger partial charge on any atom is -0.496 e. The summed E-state index contributed by atoms with van der Waals surface area (Å²) in [5.41, 5.74) is -0.859. The van der Waals surface area contributed by atoms with Gasteiger partial charge in [-0.3, -0.25) is 4.90 Å². The number of nitrogens with zero attached hydrogens (tertiary/aromatic N) is 1. The highest BCUT2D eigenvalue weighted by Gasteiger charge is 2.73. The summed E-state index contributed by atoms with van der Waals surface area (Å²) in [7, 11) is 3.12. The highest BCUT2D eigenvalue weighted by atomic mass is 16.5. The smallest absolute Gasteiger partial charge is 0.176 e. The number of benzene rings is 3. The van der Waals surface area contributed by atoms with E-state index in [2.05, 4.69) is 4.90 Å². The Morgan fingerprint density at radius 1 is 0.923 bits per heavy atom. The lowest BCUT2D eigenvalue weighted by atomic mass is 9.71. The van der Waals surface area contributed by atoms with Crippen LogP contribution in [-0.2, 0) is 11.2 Å². The number of likely N-dealkylation sites (tertiary alicyclic amines) is 1. The summed E-state index contributed by atoms with van der Waals surface area (Å²) in [6, 6.07) is 21.2. The minimum absolute atomic E-state index is 0.323. The summed E-state index contributed by atoms with van der Waals surface area (Å²) in [5.74, 6) is 1.84. The quantitative estimate of drug-likeness (QED) is 0.440. The highest BCUT2D eigenvalue weighted by molar-refractivity contribution is 5.62. The maximum absolute atomic E-state index is 12.6. The summed E-state index contributed by atoms with van der Waals surface area (Å²) in [6.07, 6.45) is 3.06. The van der Waals surface area contributed by atoms with E-state index in [1.807, 2.05) is 54.6 Å². The number of ether oxygens (including phenoxy) is 4. The number of rotatable bonds is 8. The largest absolute Gasteiger partial charge is 0.496 e. The van der Waals surface area contributed by atoms with Gasteiger partial charge in [0.1, 0.15) is 29.6 Å². The number of hydrogen-bond acceptors (Lipinski definition) is 7. The van der Waals surface area contributed by atoms with E-state index < -0.39 is 17.3 Å². The fourth-order valence-corrected chi connectivity index (χ4v) is 6.86. The van der Waals surface area contributed by atoms with Crippen LogP contribution in [0.25, 0.3) is 0 Å². The SMILES string of the molecule is COc1cc(OC)c2c(c1)O[C@@]1(c3ccc(OCCN4CCCCC4)cc3)[C@H](c3ccccc3)C[C@@H](O)[C@@]21O. The van der Waals surface area contributed by atoms with Crippen molar-refractivity contribution in [3.05, 3.63) is 83.4 Å². The van der Waals surface area contributed by atoms with Crippen LogP contribution in [0.2, 0.25) is 0 Å². The second-order valence-electron chi connectivity index (χ2n) is 10.8. The van der Waals surface area contributed by atoms with Gasteiger partial charge in [0.2, 0.25) is 0 Å². The first-order chi connectivity index (χ1) is 19.0. The fourth-order valence-electron chi connectivity index (χ4n) is 6.86. The molecule has 2 fully saturated rings. The number of aliphatic hydroxyl groups is 2. The van der Waals surface area contributed by atoms with Crippen LogP contribution >= 0.6 is 0 Å². The van der Waals surface area contributed by atoms with Gasteiger partial charge >= 0.3 is 0 Å². The van der Waals surface area contributed by atoms with Gasteiger partial charge in [0.05, 0.1) is 25.9 Å². The number of piperidine rings is 1. The van der Waals surface area contributed by atoms with Gasteiger partial charge in [0.15, 0.2) is 11.2 Å². The monoisotopic (exact) mass is 531 g/mol. The first-order valence-electron chi connectivity index (χ1n) is 13.9. The Kier molecular flexibility index (Phi) is 6.91. The first-order valence-corrected chi connectivity index (χ1v) is 13.9. The van der Waals surface area contributed by atoms with Crippen molar-refractivity contribution in [2.45, 2.75) is 48.9 Å². The molecule has 0 unspecified atom stereocenters. The molecule has 7 nitrogen and oxygen atoms in total. The van der Waals surface area contributed by atoms with Gasteiger partial charge in [0.25, 0.3) is 0 Å². The number of aliphatic hydroxyl groups excluding tert-OH is 1. The third-order valence-corrected chi connectivity index (χ3v) is 8.76. The van der Waals surface area contributed by atoms with E-state index in [1.165, 1.54) is 19.3 Å². The fraction of sp³-hybridized carbons (Fsp3) is 0.438. The van der Waals surface area contributed by atoms with Gasteiger partial charge in [-0.2, -0.15) is 0 Å². The van der Waals surface area contributed by atoms with Crippen LogP contribution in [-0.4, -0.2) is 61.7 Å². The van der Waals surface area contributed by atoms with Crippen molar-refractivity contribution in [2.24, 2.45) is 0 Å². The molecule has 0 amide bonds. The molecule has 0 spiro atoms. The number of hydrogen-bond donors (Lipinski definition) is 2. The molecular formula is C32H37NO6. The van der Waals surface area contributed by atoms with E-state index >= 15 is 0 Å². The Balaban J connectivity index is 1.39. The summed E-state index contributed by atoms with van der Waals surface area (Å²) in [5, 5.41) is 24.1. The first kappa shape index (κ1) is 26.0. The topological polar surface area (TPSA) is 80.6 Å². The zero-order valence-corrected chi connectivity index (χ0v) is 22.6. The van der Waals surface area contributed by atoms with Gasteiger partial charge in [-0.15, -0.1) is 0 Å². The van der Waals surface area contributed by atoms with E-state index in [1.54, 1.807) is 26.4 Å². The lowest BCUT2D eigenvalue weighted by Gasteiger charge is -2.40. The molecule has 39 heavy (non-hydrogen) atoms. The van der Waals surface area contributed by atoms with Gasteiger partial charge in [-0.05, 0) is 55.6 Å². The summed E-state index contributed by atoms with van der Waals surface area (Å²) in [4.78, 5) is 2.45. The summed E-state index contributed by atoms with van der Waals surface area (Å²) in [6.45, 7) is 3.81. The van der Waals surface area contributed by atoms with Crippen molar-refractivity contribution >= 4 is 0 Å². The molecule has 0 bridgehead atoms. The predicted octanol–water partition coefficient (Wildman–Crippen LogP) is 4.59. The molecule has 2 N–H and O–H groups in total.